The summed E-state index contributed by atoms with van der Waals surface area (Å²) in [6, 6.07) is 2.23. The maximum Gasteiger partial charge on any atom is 0.102 e. The van der Waals surface area contributed by atoms with Crippen LogP contribution < -0.4 is 0 Å². The first kappa shape index (κ1) is 22.5. The molecule has 4 saturated carbocycles. The first-order chi connectivity index (χ1) is 15.4. The Hall–Kier alpha value is -1.30. The van der Waals surface area contributed by atoms with Crippen LogP contribution in [0.2, 0.25) is 0 Å². The van der Waals surface area contributed by atoms with Crippen LogP contribution >= 0.6 is 0 Å². The van der Waals surface area contributed by atoms with E-state index in [4.69, 9.17) is 5.26 Å². The largest absolute Gasteiger partial charge is 0.271 e. The van der Waals surface area contributed by atoms with Gasteiger partial charge in [0.25, 0.3) is 0 Å². The molecule has 0 N–H and O–H groups in total. The first-order valence-electron chi connectivity index (χ1n) is 13.8. The number of nitrogens with zero attached hydrogens (tertiary/aromatic N) is 3. The number of aromatic nitrogens is 2. The van der Waals surface area contributed by atoms with E-state index < -0.39 is 0 Å². The average molecular weight is 436 g/mol. The molecular weight excluding hydrogens is 390 g/mol. The van der Waals surface area contributed by atoms with Gasteiger partial charge in [0.05, 0.1) is 11.8 Å². The van der Waals surface area contributed by atoms with Crippen LogP contribution in [0, 0.1) is 63.6 Å². The maximum atomic E-state index is 9.14. The summed E-state index contributed by atoms with van der Waals surface area (Å²) >= 11 is 0. The molecule has 3 nitrogen and oxygen atoms in total. The summed E-state index contributed by atoms with van der Waals surface area (Å²) in [5, 5.41) is 13.6. The second-order valence-corrected chi connectivity index (χ2v) is 12.9. The fraction of sp³-hybridized carbons (Fsp3) is 0.862. The Labute approximate surface area is 196 Å². The van der Waals surface area contributed by atoms with E-state index in [2.05, 4.69) is 38.9 Å². The maximum absolute atomic E-state index is 9.14. The highest BCUT2D eigenvalue weighted by Gasteiger charge is 2.60. The molecule has 4 aliphatic rings. The molecule has 4 aliphatic carbocycles. The van der Waals surface area contributed by atoms with Gasteiger partial charge in [-0.25, -0.2) is 0 Å². The van der Waals surface area contributed by atoms with Crippen LogP contribution in [0.3, 0.4) is 0 Å². The van der Waals surface area contributed by atoms with Crippen molar-refractivity contribution in [3.63, 3.8) is 0 Å². The molecule has 4 fully saturated rings. The van der Waals surface area contributed by atoms with Crippen molar-refractivity contribution in [2.75, 3.05) is 0 Å². The monoisotopic (exact) mass is 435 g/mol. The van der Waals surface area contributed by atoms with Crippen molar-refractivity contribution in [3.8, 4) is 6.07 Å². The highest BCUT2D eigenvalue weighted by molar-refractivity contribution is 5.21. The summed E-state index contributed by atoms with van der Waals surface area (Å²) in [5.41, 5.74) is 1.82. The summed E-state index contributed by atoms with van der Waals surface area (Å²) in [4.78, 5) is 0. The Morgan fingerprint density at radius 2 is 1.88 bits per heavy atom. The number of rotatable bonds is 5. The fourth-order valence-corrected chi connectivity index (χ4v) is 9.94. The van der Waals surface area contributed by atoms with Gasteiger partial charge in [0.1, 0.15) is 6.07 Å². The molecule has 9 atom stereocenters. The van der Waals surface area contributed by atoms with Crippen molar-refractivity contribution in [3.05, 3.63) is 18.0 Å². The van der Waals surface area contributed by atoms with E-state index in [0.29, 0.717) is 22.3 Å². The quantitative estimate of drug-likeness (QED) is 0.481. The molecule has 0 spiro atoms. The second kappa shape index (κ2) is 8.48. The molecule has 176 valence electrons. The molecule has 0 saturated heterocycles. The van der Waals surface area contributed by atoms with Crippen LogP contribution in [0.25, 0.3) is 0 Å². The number of hydrogen-bond donors (Lipinski definition) is 0. The van der Waals surface area contributed by atoms with Crippen molar-refractivity contribution >= 4 is 0 Å². The average Bonchev–Trinajstić information content (AvgIpc) is 3.37. The van der Waals surface area contributed by atoms with E-state index in [1.165, 1.54) is 70.6 Å². The third-order valence-corrected chi connectivity index (χ3v) is 11.5. The molecule has 0 amide bonds. The summed E-state index contributed by atoms with van der Waals surface area (Å²) in [6.07, 6.45) is 19.8. The minimum Gasteiger partial charge on any atom is -0.271 e. The van der Waals surface area contributed by atoms with Crippen LogP contribution in [0.1, 0.15) is 104 Å². The molecule has 6 unspecified atom stereocenters. The van der Waals surface area contributed by atoms with E-state index in [9.17, 15) is 0 Å². The normalized spacial score (nSPS) is 44.2. The van der Waals surface area contributed by atoms with Gasteiger partial charge in [0, 0.05) is 12.7 Å². The van der Waals surface area contributed by atoms with Gasteiger partial charge in [0.15, 0.2) is 0 Å². The first-order valence-corrected chi connectivity index (χ1v) is 13.8. The van der Waals surface area contributed by atoms with Gasteiger partial charge in [-0.05, 0) is 110 Å². The molecule has 0 aliphatic heterocycles. The van der Waals surface area contributed by atoms with Crippen molar-refractivity contribution in [1.82, 2.24) is 9.78 Å². The van der Waals surface area contributed by atoms with Gasteiger partial charge in [-0.2, -0.15) is 10.4 Å². The van der Waals surface area contributed by atoms with Crippen molar-refractivity contribution in [1.29, 1.82) is 5.26 Å². The van der Waals surface area contributed by atoms with Gasteiger partial charge in [0.2, 0.25) is 0 Å². The van der Waals surface area contributed by atoms with Crippen LogP contribution in [0.4, 0.5) is 0 Å². The third-order valence-electron chi connectivity index (χ3n) is 11.5. The van der Waals surface area contributed by atoms with E-state index in [0.717, 1.165) is 42.1 Å². The molecule has 0 aromatic carbocycles. The molecule has 1 aromatic rings. The summed E-state index contributed by atoms with van der Waals surface area (Å²) in [6.45, 7) is 11.2. The molecule has 3 heteroatoms. The zero-order valence-electron chi connectivity index (χ0n) is 21.0. The van der Waals surface area contributed by atoms with Crippen molar-refractivity contribution in [2.45, 2.75) is 105 Å². The fourth-order valence-electron chi connectivity index (χ4n) is 9.94. The number of hydrogen-bond acceptors (Lipinski definition) is 2. The van der Waals surface area contributed by atoms with Crippen molar-refractivity contribution < 1.29 is 0 Å². The Kier molecular flexibility index (Phi) is 5.96. The van der Waals surface area contributed by atoms with Gasteiger partial charge in [-0.3, -0.25) is 4.68 Å². The number of fused-ring (bicyclic) bond motifs is 5. The van der Waals surface area contributed by atoms with E-state index >= 15 is 0 Å². The molecule has 1 aromatic heterocycles. The van der Waals surface area contributed by atoms with E-state index in [-0.39, 0.29) is 0 Å². The Balaban J connectivity index is 1.30. The van der Waals surface area contributed by atoms with Gasteiger partial charge < -0.3 is 0 Å². The van der Waals surface area contributed by atoms with Crippen LogP contribution in [-0.2, 0) is 6.54 Å². The highest BCUT2D eigenvalue weighted by Crippen LogP contribution is 2.68. The number of nitriles is 1. The SMILES string of the molecule is CCC[C@H]1CCC2(C)C3CCC4(C)C(CCC4[C@@H](C)Cn4cc(C#N)cn4)C3CC[C@@H]2C1. The van der Waals surface area contributed by atoms with Crippen LogP contribution in [0.15, 0.2) is 12.4 Å². The smallest absolute Gasteiger partial charge is 0.102 e. The van der Waals surface area contributed by atoms with Gasteiger partial charge >= 0.3 is 0 Å². The zero-order chi connectivity index (χ0) is 22.5. The lowest BCUT2D eigenvalue weighted by molar-refractivity contribution is -0.121. The molecular formula is C29H45N3. The molecule has 0 bridgehead atoms. The standard InChI is InChI=1S/C29H45N3/c1-5-6-21-11-13-28(3)23(15-21)7-8-24-26-10-9-25(29(26,4)14-12-27(24)28)20(2)18-32-19-22(16-30)17-31-32/h17,19-21,23-27H,5-15,18H2,1-4H3/t20-,21-,23+,24?,25?,26?,27?,28?,29?/m0/s1. The second-order valence-electron chi connectivity index (χ2n) is 12.9. The topological polar surface area (TPSA) is 41.6 Å². The zero-order valence-corrected chi connectivity index (χ0v) is 21.0. The minimum atomic E-state index is 0.508. The Morgan fingerprint density at radius 1 is 1.09 bits per heavy atom. The Morgan fingerprint density at radius 3 is 2.62 bits per heavy atom. The predicted octanol–water partition coefficient (Wildman–Crippen LogP) is 7.47. The molecule has 1 heterocycles. The summed E-state index contributed by atoms with van der Waals surface area (Å²) < 4.78 is 2.02. The van der Waals surface area contributed by atoms with Crippen LogP contribution in [-0.4, -0.2) is 9.78 Å². The summed E-state index contributed by atoms with van der Waals surface area (Å²) in [5.74, 6) is 6.35. The molecule has 32 heavy (non-hydrogen) atoms. The Bertz CT molecular complexity index is 851. The lowest BCUT2D eigenvalue weighted by Crippen LogP contribution is -2.53. The minimum absolute atomic E-state index is 0.508. The predicted molar refractivity (Wildman–Crippen MR) is 130 cm³/mol. The van der Waals surface area contributed by atoms with Gasteiger partial charge in [-0.1, -0.05) is 40.5 Å². The lowest BCUT2D eigenvalue weighted by atomic mass is 9.44. The third kappa shape index (κ3) is 3.56. The molecule has 0 radical (unpaired) electrons. The van der Waals surface area contributed by atoms with Crippen LogP contribution in [0.5, 0.6) is 0 Å². The van der Waals surface area contributed by atoms with E-state index in [1.54, 1.807) is 6.20 Å². The highest BCUT2D eigenvalue weighted by atomic mass is 15.3. The molecule has 5 rings (SSSR count). The summed E-state index contributed by atoms with van der Waals surface area (Å²) in [7, 11) is 0. The lowest BCUT2D eigenvalue weighted by Gasteiger charge is -2.61. The van der Waals surface area contributed by atoms with E-state index in [1.807, 2.05) is 10.9 Å². The van der Waals surface area contributed by atoms with Crippen molar-refractivity contribution in [2.24, 2.45) is 52.3 Å². The van der Waals surface area contributed by atoms with Gasteiger partial charge in [-0.15, -0.1) is 0 Å².